The lowest BCUT2D eigenvalue weighted by atomic mass is 10.0. The Bertz CT molecular complexity index is 750. The summed E-state index contributed by atoms with van der Waals surface area (Å²) in [5.41, 5.74) is 4.92. The molecule has 1 nitrogen and oxygen atoms in total. The average molecular weight is 318 g/mol. The van der Waals surface area contributed by atoms with E-state index >= 15 is 0 Å². The van der Waals surface area contributed by atoms with E-state index in [1.54, 1.807) is 0 Å². The molecule has 2 aromatic carbocycles. The summed E-state index contributed by atoms with van der Waals surface area (Å²) in [5, 5.41) is 0. The molecule has 0 N–H and O–H groups in total. The van der Waals surface area contributed by atoms with E-state index < -0.39 is 0 Å². The van der Waals surface area contributed by atoms with Crippen LogP contribution in [0.25, 0.3) is 22.6 Å². The molecule has 0 spiro atoms. The normalized spacial score (nSPS) is 10.9. The lowest BCUT2D eigenvalue weighted by Crippen LogP contribution is -1.86. The molecule has 0 amide bonds. The Morgan fingerprint density at radius 1 is 0.792 bits per heavy atom. The van der Waals surface area contributed by atoms with Gasteiger partial charge in [0.15, 0.2) is 0 Å². The zero-order valence-electron chi connectivity index (χ0n) is 14.7. The second-order valence-electron chi connectivity index (χ2n) is 6.51. The first-order valence-electron chi connectivity index (χ1n) is 9.03. The van der Waals surface area contributed by atoms with Crippen LogP contribution in [0.3, 0.4) is 0 Å². The SMILES string of the molecule is CCCCCCc1cc(-c2ccc(C)cc2)oc1-c1ccccc1. The first kappa shape index (κ1) is 16.6. The molecule has 1 heteroatoms. The van der Waals surface area contributed by atoms with Crippen LogP contribution < -0.4 is 0 Å². The van der Waals surface area contributed by atoms with Crippen LogP contribution in [-0.4, -0.2) is 0 Å². The van der Waals surface area contributed by atoms with E-state index in [1.807, 2.05) is 6.07 Å². The van der Waals surface area contributed by atoms with Crippen LogP contribution in [0.2, 0.25) is 0 Å². The zero-order valence-corrected chi connectivity index (χ0v) is 14.7. The number of furan rings is 1. The maximum atomic E-state index is 6.28. The van der Waals surface area contributed by atoms with Gasteiger partial charge in [-0.15, -0.1) is 0 Å². The highest BCUT2D eigenvalue weighted by Crippen LogP contribution is 2.33. The monoisotopic (exact) mass is 318 g/mol. The van der Waals surface area contributed by atoms with Crippen LogP contribution in [0.5, 0.6) is 0 Å². The molecule has 0 aliphatic heterocycles. The van der Waals surface area contributed by atoms with Crippen molar-refractivity contribution < 1.29 is 4.42 Å². The Morgan fingerprint density at radius 3 is 2.25 bits per heavy atom. The summed E-state index contributed by atoms with van der Waals surface area (Å²) in [6.45, 7) is 4.36. The third-order valence-electron chi connectivity index (χ3n) is 4.48. The first-order valence-corrected chi connectivity index (χ1v) is 9.03. The van der Waals surface area contributed by atoms with Crippen molar-refractivity contribution in [1.29, 1.82) is 0 Å². The van der Waals surface area contributed by atoms with E-state index in [0.29, 0.717) is 0 Å². The molecule has 0 bridgehead atoms. The van der Waals surface area contributed by atoms with Crippen molar-refractivity contribution >= 4 is 0 Å². The second-order valence-corrected chi connectivity index (χ2v) is 6.51. The second kappa shape index (κ2) is 8.01. The van der Waals surface area contributed by atoms with Gasteiger partial charge in [0.2, 0.25) is 0 Å². The van der Waals surface area contributed by atoms with Crippen molar-refractivity contribution in [3.8, 4) is 22.6 Å². The van der Waals surface area contributed by atoms with Gasteiger partial charge in [0.05, 0.1) is 0 Å². The molecular weight excluding hydrogens is 292 g/mol. The fourth-order valence-corrected chi connectivity index (χ4v) is 3.05. The minimum atomic E-state index is 0.972. The van der Waals surface area contributed by atoms with Crippen LogP contribution in [0.4, 0.5) is 0 Å². The maximum Gasteiger partial charge on any atom is 0.137 e. The van der Waals surface area contributed by atoms with Crippen molar-refractivity contribution in [2.24, 2.45) is 0 Å². The molecule has 0 aliphatic rings. The lowest BCUT2D eigenvalue weighted by molar-refractivity contribution is 0.591. The van der Waals surface area contributed by atoms with Crippen molar-refractivity contribution in [2.45, 2.75) is 46.0 Å². The standard InChI is InChI=1S/C23H26O/c1-3-4-5-7-12-21-17-22(19-15-13-18(2)14-16-19)24-23(21)20-10-8-6-9-11-20/h6,8-11,13-17H,3-5,7,12H2,1-2H3. The zero-order chi connectivity index (χ0) is 16.8. The molecule has 124 valence electrons. The first-order chi connectivity index (χ1) is 11.8. The number of hydrogen-bond acceptors (Lipinski definition) is 1. The summed E-state index contributed by atoms with van der Waals surface area (Å²) in [6.07, 6.45) is 6.17. The summed E-state index contributed by atoms with van der Waals surface area (Å²) in [4.78, 5) is 0. The van der Waals surface area contributed by atoms with Gasteiger partial charge in [0.25, 0.3) is 0 Å². The topological polar surface area (TPSA) is 13.1 Å². The lowest BCUT2D eigenvalue weighted by Gasteiger charge is -2.02. The predicted octanol–water partition coefficient (Wildman–Crippen LogP) is 7.04. The molecule has 1 heterocycles. The quantitative estimate of drug-likeness (QED) is 0.426. The smallest absolute Gasteiger partial charge is 0.137 e. The van der Waals surface area contributed by atoms with Crippen LogP contribution >= 0.6 is 0 Å². The molecule has 0 aliphatic carbocycles. The summed E-state index contributed by atoms with van der Waals surface area (Å²) in [6, 6.07) is 21.3. The van der Waals surface area contributed by atoms with Gasteiger partial charge in [-0.3, -0.25) is 0 Å². The van der Waals surface area contributed by atoms with Gasteiger partial charge in [0.1, 0.15) is 11.5 Å². The minimum Gasteiger partial charge on any atom is -0.456 e. The molecule has 1 aromatic heterocycles. The van der Waals surface area contributed by atoms with Crippen molar-refractivity contribution in [3.63, 3.8) is 0 Å². The molecule has 24 heavy (non-hydrogen) atoms. The predicted molar refractivity (Wildman–Crippen MR) is 102 cm³/mol. The summed E-state index contributed by atoms with van der Waals surface area (Å²) in [7, 11) is 0. The van der Waals surface area contributed by atoms with Crippen LogP contribution in [0, 0.1) is 6.92 Å². The van der Waals surface area contributed by atoms with Gasteiger partial charge in [-0.2, -0.15) is 0 Å². The summed E-state index contributed by atoms with van der Waals surface area (Å²) in [5.74, 6) is 2.00. The van der Waals surface area contributed by atoms with Crippen LogP contribution in [-0.2, 0) is 6.42 Å². The highest BCUT2D eigenvalue weighted by atomic mass is 16.3. The molecule has 0 unspecified atom stereocenters. The molecule has 0 atom stereocenters. The van der Waals surface area contributed by atoms with E-state index in [0.717, 1.165) is 23.5 Å². The Morgan fingerprint density at radius 2 is 1.54 bits per heavy atom. The van der Waals surface area contributed by atoms with E-state index in [-0.39, 0.29) is 0 Å². The molecule has 3 aromatic rings. The Hall–Kier alpha value is -2.28. The van der Waals surface area contributed by atoms with Gasteiger partial charge in [-0.25, -0.2) is 0 Å². The van der Waals surface area contributed by atoms with Gasteiger partial charge >= 0.3 is 0 Å². The minimum absolute atomic E-state index is 0.972. The Labute approximate surface area is 145 Å². The summed E-state index contributed by atoms with van der Waals surface area (Å²) < 4.78 is 6.28. The fourth-order valence-electron chi connectivity index (χ4n) is 3.05. The van der Waals surface area contributed by atoms with Crippen molar-refractivity contribution in [1.82, 2.24) is 0 Å². The fraction of sp³-hybridized carbons (Fsp3) is 0.304. The van der Waals surface area contributed by atoms with E-state index in [1.165, 1.54) is 42.4 Å². The number of unbranched alkanes of at least 4 members (excludes halogenated alkanes) is 3. The molecule has 0 saturated carbocycles. The van der Waals surface area contributed by atoms with Crippen LogP contribution in [0.15, 0.2) is 65.1 Å². The Kier molecular flexibility index (Phi) is 5.53. The molecule has 0 fully saturated rings. The number of rotatable bonds is 7. The van der Waals surface area contributed by atoms with E-state index in [9.17, 15) is 0 Å². The average Bonchev–Trinajstić information content (AvgIpc) is 3.04. The highest BCUT2D eigenvalue weighted by Gasteiger charge is 2.14. The molecule has 0 saturated heterocycles. The molecule has 3 rings (SSSR count). The van der Waals surface area contributed by atoms with Gasteiger partial charge in [-0.1, -0.05) is 86.3 Å². The van der Waals surface area contributed by atoms with Crippen LogP contribution in [0.1, 0.15) is 43.7 Å². The van der Waals surface area contributed by atoms with Gasteiger partial charge in [-0.05, 0) is 31.4 Å². The van der Waals surface area contributed by atoms with Crippen molar-refractivity contribution in [2.75, 3.05) is 0 Å². The summed E-state index contributed by atoms with van der Waals surface area (Å²) >= 11 is 0. The van der Waals surface area contributed by atoms with Gasteiger partial charge < -0.3 is 4.42 Å². The van der Waals surface area contributed by atoms with E-state index in [2.05, 4.69) is 68.4 Å². The third-order valence-corrected chi connectivity index (χ3v) is 4.48. The Balaban J connectivity index is 1.91. The number of aryl methyl sites for hydroxylation is 2. The molecular formula is C23H26O. The third kappa shape index (κ3) is 3.97. The van der Waals surface area contributed by atoms with Crippen molar-refractivity contribution in [3.05, 3.63) is 71.8 Å². The highest BCUT2D eigenvalue weighted by molar-refractivity contribution is 5.68. The number of hydrogen-bond donors (Lipinski definition) is 0. The largest absolute Gasteiger partial charge is 0.456 e. The molecule has 0 radical (unpaired) electrons. The maximum absolute atomic E-state index is 6.28. The van der Waals surface area contributed by atoms with Gasteiger partial charge in [0, 0.05) is 11.1 Å². The number of benzene rings is 2. The van der Waals surface area contributed by atoms with E-state index in [4.69, 9.17) is 4.42 Å².